The van der Waals surface area contributed by atoms with E-state index in [1.807, 2.05) is 12.1 Å². The Labute approximate surface area is 104 Å². The lowest BCUT2D eigenvalue weighted by atomic mass is 10.2. The van der Waals surface area contributed by atoms with Gasteiger partial charge in [-0.3, -0.25) is 0 Å². The summed E-state index contributed by atoms with van der Waals surface area (Å²) in [6, 6.07) is 8.12. The Bertz CT molecular complexity index is 228. The van der Waals surface area contributed by atoms with Crippen LogP contribution >= 0.6 is 37.2 Å². The molecule has 0 aliphatic rings. The zero-order valence-corrected chi connectivity index (χ0v) is 10.8. The zero-order chi connectivity index (χ0) is 8.10. The van der Waals surface area contributed by atoms with Gasteiger partial charge in [0.15, 0.2) is 0 Å². The average molecular weight is 260 g/mol. The second kappa shape index (κ2) is 11.0. The van der Waals surface area contributed by atoms with Gasteiger partial charge in [0.1, 0.15) is 5.75 Å². The SMILES string of the molecule is CCCOc1cccc(C)c1.Cl.Cl.Cl. The van der Waals surface area contributed by atoms with Gasteiger partial charge in [-0.1, -0.05) is 19.1 Å². The molecule has 0 spiro atoms. The van der Waals surface area contributed by atoms with Crippen molar-refractivity contribution in [1.82, 2.24) is 0 Å². The van der Waals surface area contributed by atoms with E-state index in [-0.39, 0.29) is 37.2 Å². The third kappa shape index (κ3) is 7.31. The van der Waals surface area contributed by atoms with Gasteiger partial charge in [0.25, 0.3) is 0 Å². The van der Waals surface area contributed by atoms with Crippen molar-refractivity contribution in [2.45, 2.75) is 20.3 Å². The van der Waals surface area contributed by atoms with Crippen molar-refractivity contribution >= 4 is 37.2 Å². The van der Waals surface area contributed by atoms with Crippen LogP contribution in [0.15, 0.2) is 24.3 Å². The van der Waals surface area contributed by atoms with Crippen molar-refractivity contribution in [2.75, 3.05) is 6.61 Å². The van der Waals surface area contributed by atoms with Crippen LogP contribution in [0.5, 0.6) is 5.75 Å². The maximum absolute atomic E-state index is 5.44. The Morgan fingerprint density at radius 2 is 1.79 bits per heavy atom. The van der Waals surface area contributed by atoms with Crippen molar-refractivity contribution < 1.29 is 4.74 Å². The van der Waals surface area contributed by atoms with Crippen LogP contribution in [0.2, 0.25) is 0 Å². The second-order valence-corrected chi connectivity index (χ2v) is 2.66. The molecule has 0 radical (unpaired) electrons. The van der Waals surface area contributed by atoms with E-state index in [2.05, 4.69) is 26.0 Å². The summed E-state index contributed by atoms with van der Waals surface area (Å²) >= 11 is 0. The van der Waals surface area contributed by atoms with Gasteiger partial charge < -0.3 is 4.74 Å². The molecule has 0 fully saturated rings. The highest BCUT2D eigenvalue weighted by Crippen LogP contribution is 2.11. The van der Waals surface area contributed by atoms with Crippen molar-refractivity contribution in [3.63, 3.8) is 0 Å². The summed E-state index contributed by atoms with van der Waals surface area (Å²) in [5.41, 5.74) is 1.25. The van der Waals surface area contributed by atoms with Crippen LogP contribution in [0, 0.1) is 6.92 Å². The molecule has 1 aromatic carbocycles. The molecular weight excluding hydrogens is 242 g/mol. The molecule has 0 N–H and O–H groups in total. The Kier molecular flexibility index (Phi) is 15.2. The van der Waals surface area contributed by atoms with Gasteiger partial charge in [0, 0.05) is 0 Å². The number of benzene rings is 1. The van der Waals surface area contributed by atoms with Crippen LogP contribution in [0.1, 0.15) is 18.9 Å². The average Bonchev–Trinajstić information content (AvgIpc) is 2.01. The molecule has 1 aromatic rings. The fourth-order valence-electron chi connectivity index (χ4n) is 0.925. The molecule has 4 heteroatoms. The van der Waals surface area contributed by atoms with Crippen LogP contribution in [-0.4, -0.2) is 6.61 Å². The summed E-state index contributed by atoms with van der Waals surface area (Å²) in [6.07, 6.45) is 1.06. The molecule has 0 saturated carbocycles. The number of halogens is 3. The second-order valence-electron chi connectivity index (χ2n) is 2.66. The molecule has 0 unspecified atom stereocenters. The molecule has 0 amide bonds. The topological polar surface area (TPSA) is 9.23 Å². The first-order valence-corrected chi connectivity index (χ1v) is 4.02. The monoisotopic (exact) mass is 258 g/mol. The van der Waals surface area contributed by atoms with E-state index in [1.165, 1.54) is 5.56 Å². The summed E-state index contributed by atoms with van der Waals surface area (Å²) in [4.78, 5) is 0. The molecule has 0 saturated heterocycles. The lowest BCUT2D eigenvalue weighted by Gasteiger charge is -2.03. The minimum absolute atomic E-state index is 0. The lowest BCUT2D eigenvalue weighted by molar-refractivity contribution is 0.317. The van der Waals surface area contributed by atoms with E-state index in [0.717, 1.165) is 18.8 Å². The van der Waals surface area contributed by atoms with E-state index in [4.69, 9.17) is 4.74 Å². The maximum Gasteiger partial charge on any atom is 0.119 e. The largest absolute Gasteiger partial charge is 0.494 e. The van der Waals surface area contributed by atoms with E-state index >= 15 is 0 Å². The molecular formula is C10H17Cl3O. The first-order chi connectivity index (χ1) is 5.33. The third-order valence-electron chi connectivity index (χ3n) is 1.46. The Morgan fingerprint density at radius 1 is 1.14 bits per heavy atom. The number of rotatable bonds is 3. The van der Waals surface area contributed by atoms with Crippen LogP contribution < -0.4 is 4.74 Å². The normalized spacial score (nSPS) is 7.57. The van der Waals surface area contributed by atoms with Gasteiger partial charge in [0.05, 0.1) is 6.61 Å². The van der Waals surface area contributed by atoms with Crippen molar-refractivity contribution in [3.8, 4) is 5.75 Å². The van der Waals surface area contributed by atoms with E-state index in [0.29, 0.717) is 0 Å². The van der Waals surface area contributed by atoms with Crippen LogP contribution in [0.3, 0.4) is 0 Å². The number of hydrogen-bond acceptors (Lipinski definition) is 1. The van der Waals surface area contributed by atoms with Gasteiger partial charge in [-0.2, -0.15) is 0 Å². The molecule has 0 heterocycles. The highest BCUT2D eigenvalue weighted by Gasteiger charge is 1.90. The fourth-order valence-corrected chi connectivity index (χ4v) is 0.925. The molecule has 0 aliphatic heterocycles. The number of hydrogen-bond donors (Lipinski definition) is 0. The Balaban J connectivity index is -0.000000403. The quantitative estimate of drug-likeness (QED) is 0.796. The molecule has 1 rings (SSSR count). The molecule has 0 aromatic heterocycles. The fraction of sp³-hybridized carbons (Fsp3) is 0.400. The maximum atomic E-state index is 5.44. The molecule has 0 atom stereocenters. The summed E-state index contributed by atoms with van der Waals surface area (Å²) in [5, 5.41) is 0. The molecule has 14 heavy (non-hydrogen) atoms. The van der Waals surface area contributed by atoms with Gasteiger partial charge in [0.2, 0.25) is 0 Å². The molecule has 1 nitrogen and oxygen atoms in total. The van der Waals surface area contributed by atoms with Gasteiger partial charge in [-0.05, 0) is 31.0 Å². The minimum Gasteiger partial charge on any atom is -0.494 e. The standard InChI is InChI=1S/C10H14O.3ClH/c1-3-7-11-10-6-4-5-9(2)8-10;;;/h4-6,8H,3,7H2,1-2H3;3*1H. The predicted molar refractivity (Wildman–Crippen MR) is 68.7 cm³/mol. The molecule has 84 valence electrons. The first-order valence-electron chi connectivity index (χ1n) is 4.02. The minimum atomic E-state index is 0. The van der Waals surface area contributed by atoms with Gasteiger partial charge in [-0.25, -0.2) is 0 Å². The van der Waals surface area contributed by atoms with E-state index < -0.39 is 0 Å². The Hall–Kier alpha value is -0.110. The highest BCUT2D eigenvalue weighted by atomic mass is 35.5. The molecule has 0 aliphatic carbocycles. The summed E-state index contributed by atoms with van der Waals surface area (Å²) < 4.78 is 5.44. The summed E-state index contributed by atoms with van der Waals surface area (Å²) in [6.45, 7) is 4.98. The van der Waals surface area contributed by atoms with E-state index in [9.17, 15) is 0 Å². The van der Waals surface area contributed by atoms with Crippen LogP contribution in [0.4, 0.5) is 0 Å². The Morgan fingerprint density at radius 3 is 2.29 bits per heavy atom. The molecule has 0 bridgehead atoms. The predicted octanol–water partition coefficient (Wildman–Crippen LogP) is 4.05. The van der Waals surface area contributed by atoms with Gasteiger partial charge in [-0.15, -0.1) is 37.2 Å². The van der Waals surface area contributed by atoms with Crippen molar-refractivity contribution in [2.24, 2.45) is 0 Å². The smallest absolute Gasteiger partial charge is 0.119 e. The highest BCUT2D eigenvalue weighted by molar-refractivity contribution is 5.86. The first kappa shape index (κ1) is 19.5. The summed E-state index contributed by atoms with van der Waals surface area (Å²) in [5.74, 6) is 0.979. The van der Waals surface area contributed by atoms with Crippen molar-refractivity contribution in [3.05, 3.63) is 29.8 Å². The summed E-state index contributed by atoms with van der Waals surface area (Å²) in [7, 11) is 0. The van der Waals surface area contributed by atoms with Crippen LogP contribution in [-0.2, 0) is 0 Å². The van der Waals surface area contributed by atoms with E-state index in [1.54, 1.807) is 0 Å². The van der Waals surface area contributed by atoms with Gasteiger partial charge >= 0.3 is 0 Å². The van der Waals surface area contributed by atoms with Crippen molar-refractivity contribution in [1.29, 1.82) is 0 Å². The van der Waals surface area contributed by atoms with Crippen LogP contribution in [0.25, 0.3) is 0 Å². The number of ether oxygens (including phenoxy) is 1. The zero-order valence-electron chi connectivity index (χ0n) is 8.36. The third-order valence-corrected chi connectivity index (χ3v) is 1.46. The lowest BCUT2D eigenvalue weighted by Crippen LogP contribution is -1.94. The number of aryl methyl sites for hydroxylation is 1.